The molecule has 6 fully saturated rings. The SMILES string of the molecule is C#Cc1c(F)ccc2cc(O)cc(-c3ncc4c(N5CC6CCC(C5)N6)nc(OCC5(CN6CC7(C6)CN(c6ccc8c(c6)CN(C6CCC(=O)NC6=O)C8=O)C7)CC5)nc4c3F)c12. The molecule has 2 bridgehead atoms. The van der Waals surface area contributed by atoms with E-state index in [1.54, 1.807) is 11.1 Å². The number of likely N-dealkylation sites (tertiary alicyclic amines) is 1. The molecule has 1 saturated carbocycles. The molecule has 3 N–H and O–H groups in total. The van der Waals surface area contributed by atoms with Gasteiger partial charge in [0.05, 0.1) is 17.6 Å². The van der Waals surface area contributed by atoms with Crippen LogP contribution in [0.4, 0.5) is 20.3 Å². The third-order valence-corrected chi connectivity index (χ3v) is 14.7. The second-order valence-corrected chi connectivity index (χ2v) is 19.2. The summed E-state index contributed by atoms with van der Waals surface area (Å²) in [5, 5.41) is 17.8. The van der Waals surface area contributed by atoms with Gasteiger partial charge in [-0.25, -0.2) is 8.78 Å². The predicted octanol–water partition coefficient (Wildman–Crippen LogP) is 4.49. The molecule has 3 amide bonds. The number of phenols is 1. The Bertz CT molecular complexity index is 2890. The molecular formula is C48H45F2N9O5. The standard InChI is InChI=1S/C48H45F2N9O5/c1-2-32-36(49)8-3-26-14-31(60)15-34(39(26)32)41-40(50)42-35(16-51-41)43(57-18-28-4-5-29(19-57)52-28)55-46(54-42)64-25-47(11-12-47)20-56-21-48(22-56)23-58(24-48)30-6-7-33-27(13-30)17-59(45(33)63)37-9-10-38(61)53-44(37)62/h1,3,6-8,13-16,28-29,37,52,60H,4-5,9-12,17-25H2,(H,53,61,62). The number of phenolic OH excluding ortho intramolecular Hbond substituents is 1. The monoisotopic (exact) mass is 865 g/mol. The number of hydrogen-bond donors (Lipinski definition) is 3. The molecule has 5 saturated heterocycles. The number of anilines is 2. The second-order valence-electron chi connectivity index (χ2n) is 19.2. The van der Waals surface area contributed by atoms with E-state index < -0.39 is 23.6 Å². The van der Waals surface area contributed by atoms with Gasteiger partial charge in [0.1, 0.15) is 34.6 Å². The summed E-state index contributed by atoms with van der Waals surface area (Å²) in [4.78, 5) is 60.2. The van der Waals surface area contributed by atoms with E-state index in [0.717, 1.165) is 69.7 Å². The number of amides is 3. The van der Waals surface area contributed by atoms with Crippen molar-refractivity contribution in [2.75, 3.05) is 62.2 Å². The quantitative estimate of drug-likeness (QED) is 0.141. The summed E-state index contributed by atoms with van der Waals surface area (Å²) in [5.41, 5.74) is 2.73. The number of nitrogens with zero attached hydrogens (tertiary/aromatic N) is 7. The van der Waals surface area contributed by atoms with Crippen LogP contribution in [0.25, 0.3) is 32.9 Å². The summed E-state index contributed by atoms with van der Waals surface area (Å²) in [6, 6.07) is 11.5. The highest BCUT2D eigenvalue weighted by molar-refractivity contribution is 6.06. The van der Waals surface area contributed by atoms with Crippen LogP contribution in [0.2, 0.25) is 0 Å². The third kappa shape index (κ3) is 6.42. The Hall–Kier alpha value is -6.44. The molecule has 64 heavy (non-hydrogen) atoms. The van der Waals surface area contributed by atoms with Gasteiger partial charge in [0.25, 0.3) is 5.91 Å². The van der Waals surface area contributed by atoms with Crippen LogP contribution < -0.4 is 25.2 Å². The van der Waals surface area contributed by atoms with Crippen LogP contribution >= 0.6 is 0 Å². The van der Waals surface area contributed by atoms with Gasteiger partial charge in [-0.3, -0.25) is 24.7 Å². The normalized spacial score (nSPS) is 24.2. The Morgan fingerprint density at radius 2 is 1.73 bits per heavy atom. The van der Waals surface area contributed by atoms with Crippen LogP contribution in [-0.2, 0) is 16.1 Å². The predicted molar refractivity (Wildman–Crippen MR) is 233 cm³/mol. The summed E-state index contributed by atoms with van der Waals surface area (Å²) < 4.78 is 38.5. The highest BCUT2D eigenvalue weighted by Gasteiger charge is 2.55. The first-order valence-corrected chi connectivity index (χ1v) is 22.1. The lowest BCUT2D eigenvalue weighted by Crippen LogP contribution is -2.72. The van der Waals surface area contributed by atoms with E-state index >= 15 is 8.78 Å². The number of piperazine rings is 1. The first-order valence-electron chi connectivity index (χ1n) is 22.1. The van der Waals surface area contributed by atoms with Crippen molar-refractivity contribution in [3.05, 3.63) is 77.0 Å². The topological polar surface area (TPSA) is 156 Å². The Balaban J connectivity index is 0.748. The fourth-order valence-electron chi connectivity index (χ4n) is 11.4. The molecule has 14 nitrogen and oxygen atoms in total. The summed E-state index contributed by atoms with van der Waals surface area (Å²) >= 11 is 0. The molecule has 3 unspecified atom stereocenters. The average Bonchev–Trinajstić information content (AvgIpc) is 3.84. The summed E-state index contributed by atoms with van der Waals surface area (Å²) in [7, 11) is 0. The Morgan fingerprint density at radius 1 is 0.938 bits per heavy atom. The van der Waals surface area contributed by atoms with Crippen molar-refractivity contribution in [1.29, 1.82) is 0 Å². The van der Waals surface area contributed by atoms with Crippen molar-refractivity contribution < 1.29 is 33.0 Å². The van der Waals surface area contributed by atoms with Crippen LogP contribution in [0.15, 0.2) is 48.7 Å². The lowest BCUT2D eigenvalue weighted by atomic mass is 9.72. The van der Waals surface area contributed by atoms with E-state index in [2.05, 4.69) is 47.3 Å². The maximum atomic E-state index is 17.1. The van der Waals surface area contributed by atoms with Gasteiger partial charge in [0, 0.05) is 110 Å². The van der Waals surface area contributed by atoms with Crippen LogP contribution in [-0.4, -0.2) is 118 Å². The number of benzene rings is 3. The van der Waals surface area contributed by atoms with Crippen LogP contribution in [0, 0.1) is 34.8 Å². The van der Waals surface area contributed by atoms with Crippen molar-refractivity contribution >= 4 is 50.9 Å². The van der Waals surface area contributed by atoms with Gasteiger partial charge >= 0.3 is 6.01 Å². The largest absolute Gasteiger partial charge is 0.508 e. The first kappa shape index (κ1) is 39.2. The molecule has 326 valence electrons. The van der Waals surface area contributed by atoms with E-state index in [4.69, 9.17) is 16.1 Å². The minimum Gasteiger partial charge on any atom is -0.508 e. The van der Waals surface area contributed by atoms with Crippen LogP contribution in [0.5, 0.6) is 11.8 Å². The number of pyridine rings is 1. The van der Waals surface area contributed by atoms with E-state index in [-0.39, 0.29) is 80.6 Å². The Labute approximate surface area is 367 Å². The fourth-order valence-corrected chi connectivity index (χ4v) is 11.4. The van der Waals surface area contributed by atoms with Crippen molar-refractivity contribution in [3.63, 3.8) is 0 Å². The van der Waals surface area contributed by atoms with Crippen molar-refractivity contribution in [1.82, 2.24) is 35.4 Å². The number of carbonyl (C=O) groups excluding carboxylic acids is 3. The highest BCUT2D eigenvalue weighted by Crippen LogP contribution is 2.51. The lowest BCUT2D eigenvalue weighted by Gasteiger charge is -2.61. The van der Waals surface area contributed by atoms with Gasteiger partial charge in [-0.1, -0.05) is 12.0 Å². The highest BCUT2D eigenvalue weighted by atomic mass is 19.1. The third-order valence-electron chi connectivity index (χ3n) is 14.7. The molecule has 3 aromatic carbocycles. The number of piperidine rings is 1. The van der Waals surface area contributed by atoms with Crippen molar-refractivity contribution in [2.24, 2.45) is 10.8 Å². The summed E-state index contributed by atoms with van der Waals surface area (Å²) in [6.45, 7) is 6.76. The molecule has 1 aliphatic carbocycles. The molecule has 1 spiro atoms. The molecule has 3 atom stereocenters. The zero-order chi connectivity index (χ0) is 43.6. The number of nitrogens with one attached hydrogen (secondary N) is 2. The lowest BCUT2D eigenvalue weighted by molar-refractivity contribution is -0.136. The van der Waals surface area contributed by atoms with Crippen LogP contribution in [0.1, 0.15) is 60.0 Å². The zero-order valence-corrected chi connectivity index (χ0v) is 35.0. The number of carbonyl (C=O) groups is 3. The summed E-state index contributed by atoms with van der Waals surface area (Å²) in [5.74, 6) is 0.562. The molecule has 7 aliphatic rings. The molecule has 8 heterocycles. The van der Waals surface area contributed by atoms with Gasteiger partial charge in [-0.15, -0.1) is 6.42 Å². The fraction of sp³-hybridized carbons (Fsp3) is 0.417. The van der Waals surface area contributed by atoms with E-state index in [9.17, 15) is 19.5 Å². The number of rotatable bonds is 9. The Kier molecular flexibility index (Phi) is 8.74. The van der Waals surface area contributed by atoms with Gasteiger partial charge in [-0.05, 0) is 79.5 Å². The van der Waals surface area contributed by atoms with E-state index in [0.29, 0.717) is 54.8 Å². The average molecular weight is 866 g/mol. The maximum absolute atomic E-state index is 17.1. The Morgan fingerprint density at radius 3 is 2.48 bits per heavy atom. The minimum absolute atomic E-state index is 0.0247. The van der Waals surface area contributed by atoms with Crippen molar-refractivity contribution in [2.45, 2.75) is 63.2 Å². The number of aromatic nitrogens is 3. The van der Waals surface area contributed by atoms with Gasteiger partial charge in [0.2, 0.25) is 11.8 Å². The number of fused-ring (bicyclic) bond motifs is 5. The number of halogens is 2. The molecular weight excluding hydrogens is 821 g/mol. The van der Waals surface area contributed by atoms with Gasteiger partial charge in [0.15, 0.2) is 5.82 Å². The molecule has 0 radical (unpaired) electrons. The number of aromatic hydroxyl groups is 1. The second kappa shape index (κ2) is 14.3. The number of ether oxygens (including phenoxy) is 1. The number of imide groups is 1. The molecule has 12 rings (SSSR count). The van der Waals surface area contributed by atoms with Crippen LogP contribution in [0.3, 0.4) is 0 Å². The first-order chi connectivity index (χ1) is 30.9. The summed E-state index contributed by atoms with van der Waals surface area (Å²) in [6.07, 6.45) is 11.9. The number of terminal acetylenes is 1. The molecule has 5 aromatic rings. The maximum Gasteiger partial charge on any atom is 0.319 e. The minimum atomic E-state index is -0.743. The smallest absolute Gasteiger partial charge is 0.319 e. The number of hydrogen-bond acceptors (Lipinski definition) is 12. The zero-order valence-electron chi connectivity index (χ0n) is 35.0. The van der Waals surface area contributed by atoms with E-state index in [1.165, 1.54) is 24.3 Å². The van der Waals surface area contributed by atoms with Gasteiger partial charge in [-0.2, -0.15) is 9.97 Å². The van der Waals surface area contributed by atoms with Gasteiger partial charge < -0.3 is 34.8 Å². The molecule has 6 aliphatic heterocycles. The molecule has 16 heteroatoms. The molecule has 2 aromatic heterocycles. The van der Waals surface area contributed by atoms with E-state index in [1.807, 2.05) is 12.1 Å². The van der Waals surface area contributed by atoms with Crippen molar-refractivity contribution in [3.8, 4) is 35.4 Å².